The van der Waals surface area contributed by atoms with Gasteiger partial charge in [-0.2, -0.15) is 13.2 Å². The van der Waals surface area contributed by atoms with Gasteiger partial charge in [-0.15, -0.1) is 0 Å². The molecule has 14 heavy (non-hydrogen) atoms. The molecule has 0 aromatic rings. The summed E-state index contributed by atoms with van der Waals surface area (Å²) in [6.45, 7) is -1.65. The number of halogens is 3. The lowest BCUT2D eigenvalue weighted by Gasteiger charge is -2.11. The summed E-state index contributed by atoms with van der Waals surface area (Å²) in [6.07, 6.45) is -4.49. The monoisotopic (exact) mass is 216 g/mol. The Kier molecular flexibility index (Phi) is 5.43. The molecule has 0 radical (unpaired) electrons. The van der Waals surface area contributed by atoms with Gasteiger partial charge in [0.2, 0.25) is 0 Å². The topological polar surface area (TPSA) is 73.6 Å². The second-order valence-corrected chi connectivity index (χ2v) is 2.43. The molecule has 1 unspecified atom stereocenters. The van der Waals surface area contributed by atoms with Crippen LogP contribution in [0.25, 0.3) is 0 Å². The molecule has 0 saturated carbocycles. The van der Waals surface area contributed by atoms with Gasteiger partial charge in [0.15, 0.2) is 6.61 Å². The van der Waals surface area contributed by atoms with E-state index in [1.807, 2.05) is 0 Å². The van der Waals surface area contributed by atoms with Crippen LogP contribution in [-0.4, -0.2) is 38.4 Å². The molecule has 0 aromatic carbocycles. The number of ether oxygens (including phenoxy) is 1. The molecule has 0 aliphatic rings. The Hall–Kier alpha value is -0.860. The molecule has 5 nitrogen and oxygen atoms in total. The fourth-order valence-electron chi connectivity index (χ4n) is 0.520. The van der Waals surface area contributed by atoms with Crippen LogP contribution in [0, 0.1) is 0 Å². The lowest BCUT2D eigenvalue weighted by atomic mass is 10.3. The van der Waals surface area contributed by atoms with Gasteiger partial charge in [0.05, 0.1) is 6.61 Å². The number of alkyl halides is 3. The van der Waals surface area contributed by atoms with Crippen molar-refractivity contribution < 1.29 is 27.5 Å². The minimum Gasteiger partial charge on any atom is -0.383 e. The van der Waals surface area contributed by atoms with Crippen LogP contribution in [-0.2, 0) is 14.4 Å². The lowest BCUT2D eigenvalue weighted by Crippen LogP contribution is -2.44. The van der Waals surface area contributed by atoms with Gasteiger partial charge in [0.1, 0.15) is 6.04 Å². The van der Waals surface area contributed by atoms with E-state index in [4.69, 9.17) is 5.73 Å². The summed E-state index contributed by atoms with van der Waals surface area (Å²) in [6, 6.07) is -1.05. The largest absolute Gasteiger partial charge is 0.414 e. The molecule has 0 aromatic heterocycles. The molecule has 0 spiro atoms. The Labute approximate surface area is 78.3 Å². The van der Waals surface area contributed by atoms with E-state index >= 15 is 0 Å². The van der Waals surface area contributed by atoms with Crippen LogP contribution < -0.4 is 11.2 Å². The number of carbonyl (C=O) groups excluding carboxylic acids is 1. The van der Waals surface area contributed by atoms with Gasteiger partial charge in [-0.25, -0.2) is 5.48 Å². The van der Waals surface area contributed by atoms with Crippen LogP contribution in [0.3, 0.4) is 0 Å². The zero-order valence-electron chi connectivity index (χ0n) is 7.43. The molecule has 84 valence electrons. The minimum absolute atomic E-state index is 0.0960. The maximum absolute atomic E-state index is 11.5. The van der Waals surface area contributed by atoms with Gasteiger partial charge in [-0.3, -0.25) is 9.63 Å². The Morgan fingerprint density at radius 2 is 2.14 bits per heavy atom. The number of hydrogen-bond donors (Lipinski definition) is 2. The summed E-state index contributed by atoms with van der Waals surface area (Å²) in [4.78, 5) is 14.7. The van der Waals surface area contributed by atoms with E-state index in [2.05, 4.69) is 9.57 Å². The van der Waals surface area contributed by atoms with E-state index in [1.165, 1.54) is 7.11 Å². The first kappa shape index (κ1) is 13.1. The number of nitrogens with two attached hydrogens (primary N) is 1. The predicted molar refractivity (Wildman–Crippen MR) is 40.0 cm³/mol. The van der Waals surface area contributed by atoms with Crippen molar-refractivity contribution in [3.63, 3.8) is 0 Å². The third-order valence-corrected chi connectivity index (χ3v) is 1.09. The van der Waals surface area contributed by atoms with E-state index in [9.17, 15) is 18.0 Å². The number of hydroxylamine groups is 1. The van der Waals surface area contributed by atoms with Gasteiger partial charge >= 0.3 is 6.18 Å². The molecule has 0 aliphatic heterocycles. The van der Waals surface area contributed by atoms with Crippen LogP contribution in [0.15, 0.2) is 0 Å². The molecule has 1 atom stereocenters. The van der Waals surface area contributed by atoms with Crippen molar-refractivity contribution in [3.05, 3.63) is 0 Å². The van der Waals surface area contributed by atoms with Crippen molar-refractivity contribution in [3.8, 4) is 0 Å². The molecule has 0 bridgehead atoms. The molecule has 0 aliphatic carbocycles. The molecule has 1 amide bonds. The number of carbonyl (C=O) groups is 1. The first-order valence-electron chi connectivity index (χ1n) is 3.59. The Morgan fingerprint density at radius 3 is 2.57 bits per heavy atom. The Bertz CT molecular complexity index is 186. The van der Waals surface area contributed by atoms with E-state index in [0.717, 1.165) is 0 Å². The van der Waals surface area contributed by atoms with Crippen molar-refractivity contribution >= 4 is 5.91 Å². The fraction of sp³-hybridized carbons (Fsp3) is 0.833. The first-order chi connectivity index (χ1) is 6.37. The van der Waals surface area contributed by atoms with Crippen LogP contribution in [0.4, 0.5) is 13.2 Å². The Morgan fingerprint density at radius 1 is 1.57 bits per heavy atom. The second-order valence-electron chi connectivity index (χ2n) is 2.43. The highest BCUT2D eigenvalue weighted by molar-refractivity contribution is 5.80. The SMILES string of the molecule is COCC(N)C(=O)NOCC(F)(F)F. The zero-order chi connectivity index (χ0) is 11.2. The summed E-state index contributed by atoms with van der Waals surface area (Å²) >= 11 is 0. The standard InChI is InChI=1S/C6H11F3N2O3/c1-13-2-4(10)5(12)11-14-3-6(7,8)9/h4H,2-3,10H2,1H3,(H,11,12). The Balaban J connectivity index is 3.64. The number of amides is 1. The van der Waals surface area contributed by atoms with Crippen molar-refractivity contribution in [1.82, 2.24) is 5.48 Å². The van der Waals surface area contributed by atoms with E-state index in [-0.39, 0.29) is 6.61 Å². The third-order valence-electron chi connectivity index (χ3n) is 1.09. The van der Waals surface area contributed by atoms with Gasteiger partial charge in [-0.1, -0.05) is 0 Å². The number of methoxy groups -OCH3 is 1. The van der Waals surface area contributed by atoms with Crippen molar-refractivity contribution in [2.45, 2.75) is 12.2 Å². The summed E-state index contributed by atoms with van der Waals surface area (Å²) in [5.41, 5.74) is 6.74. The summed E-state index contributed by atoms with van der Waals surface area (Å²) in [7, 11) is 1.31. The van der Waals surface area contributed by atoms with Crippen molar-refractivity contribution in [1.29, 1.82) is 0 Å². The van der Waals surface area contributed by atoms with Crippen molar-refractivity contribution in [2.24, 2.45) is 5.73 Å². The van der Waals surface area contributed by atoms with Crippen LogP contribution in [0.2, 0.25) is 0 Å². The highest BCUT2D eigenvalue weighted by Gasteiger charge is 2.28. The van der Waals surface area contributed by atoms with Gasteiger partial charge < -0.3 is 10.5 Å². The predicted octanol–water partition coefficient (Wildman–Crippen LogP) is -0.430. The molecular formula is C6H11F3N2O3. The maximum atomic E-state index is 11.5. The molecule has 0 rings (SSSR count). The van der Waals surface area contributed by atoms with Crippen molar-refractivity contribution in [2.75, 3.05) is 20.3 Å². The molecule has 0 saturated heterocycles. The number of nitrogens with one attached hydrogen (secondary N) is 1. The lowest BCUT2D eigenvalue weighted by molar-refractivity contribution is -0.192. The van der Waals surface area contributed by atoms with E-state index in [0.29, 0.717) is 0 Å². The zero-order valence-corrected chi connectivity index (χ0v) is 7.43. The summed E-state index contributed by atoms with van der Waals surface area (Å²) < 4.78 is 39.1. The third kappa shape index (κ3) is 6.63. The molecular weight excluding hydrogens is 205 g/mol. The van der Waals surface area contributed by atoms with Crippen LogP contribution >= 0.6 is 0 Å². The highest BCUT2D eigenvalue weighted by Crippen LogP contribution is 2.13. The second kappa shape index (κ2) is 5.78. The molecule has 8 heteroatoms. The summed E-state index contributed by atoms with van der Waals surface area (Å²) in [5, 5.41) is 0. The molecule has 3 N–H and O–H groups in total. The first-order valence-corrected chi connectivity index (χ1v) is 3.59. The maximum Gasteiger partial charge on any atom is 0.414 e. The molecule has 0 heterocycles. The van der Waals surface area contributed by atoms with E-state index in [1.54, 1.807) is 5.48 Å². The number of rotatable bonds is 5. The van der Waals surface area contributed by atoms with Gasteiger partial charge in [-0.05, 0) is 0 Å². The van der Waals surface area contributed by atoms with Crippen LogP contribution in [0.5, 0.6) is 0 Å². The minimum atomic E-state index is -4.49. The van der Waals surface area contributed by atoms with E-state index < -0.39 is 24.7 Å². The van der Waals surface area contributed by atoms with Gasteiger partial charge in [0.25, 0.3) is 5.91 Å². The highest BCUT2D eigenvalue weighted by atomic mass is 19.4. The quantitative estimate of drug-likeness (QED) is 0.611. The summed E-state index contributed by atoms with van der Waals surface area (Å²) in [5.74, 6) is -0.865. The smallest absolute Gasteiger partial charge is 0.383 e. The van der Waals surface area contributed by atoms with Crippen LogP contribution in [0.1, 0.15) is 0 Å². The normalized spacial score (nSPS) is 13.8. The molecule has 0 fully saturated rings. The average molecular weight is 216 g/mol. The average Bonchev–Trinajstić information content (AvgIpc) is 2.02. The number of hydrogen-bond acceptors (Lipinski definition) is 4. The fourth-order valence-corrected chi connectivity index (χ4v) is 0.520. The van der Waals surface area contributed by atoms with Gasteiger partial charge in [0, 0.05) is 7.11 Å².